The highest BCUT2D eigenvalue weighted by molar-refractivity contribution is 5.92. The number of carbonyl (C=O) groups is 2. The van der Waals surface area contributed by atoms with Gasteiger partial charge >= 0.3 is 5.97 Å². The molecule has 0 aliphatic heterocycles. The fourth-order valence-electron chi connectivity index (χ4n) is 3.10. The van der Waals surface area contributed by atoms with Crippen LogP contribution < -0.4 is 5.32 Å². The molecule has 32 heavy (non-hydrogen) atoms. The molecule has 0 saturated heterocycles. The van der Waals surface area contributed by atoms with Crippen molar-refractivity contribution >= 4 is 23.6 Å². The number of nitrogens with zero attached hydrogens (tertiary/aromatic N) is 4. The van der Waals surface area contributed by atoms with Crippen LogP contribution in [0.3, 0.4) is 0 Å². The number of amides is 1. The third kappa shape index (κ3) is 6.36. The summed E-state index contributed by atoms with van der Waals surface area (Å²) in [7, 11) is 1.92. The first-order valence-electron chi connectivity index (χ1n) is 10.4. The van der Waals surface area contributed by atoms with Gasteiger partial charge in [0.05, 0.1) is 18.8 Å². The average Bonchev–Trinajstić information content (AvgIpc) is 3.33. The lowest BCUT2D eigenvalue weighted by molar-refractivity contribution is -0.137. The normalized spacial score (nSPS) is 12.1. The Hall–Kier alpha value is -3.78. The molecule has 0 aliphatic carbocycles. The number of likely N-dealkylation sites (N-methyl/N-ethyl adjacent to an activating group) is 1. The van der Waals surface area contributed by atoms with Gasteiger partial charge in [-0.15, -0.1) is 0 Å². The molecular formula is C24H27N5O3. The number of anilines is 1. The Kier molecular flexibility index (Phi) is 7.88. The molecule has 1 aromatic heterocycles. The SMILES string of the molecule is CCOC(=O)/C=C/c1ccc(NC(=O)CN(C)C(C)c2ccc(-n3cncn3)cc2)cc1. The summed E-state index contributed by atoms with van der Waals surface area (Å²) in [4.78, 5) is 29.8. The van der Waals surface area contributed by atoms with E-state index in [1.165, 1.54) is 12.4 Å². The molecule has 1 N–H and O–H groups in total. The Labute approximate surface area is 187 Å². The molecule has 0 fully saturated rings. The van der Waals surface area contributed by atoms with Crippen molar-refractivity contribution in [3.05, 3.63) is 78.4 Å². The van der Waals surface area contributed by atoms with Gasteiger partial charge in [0.1, 0.15) is 12.7 Å². The first-order chi connectivity index (χ1) is 15.5. The second kappa shape index (κ2) is 11.0. The van der Waals surface area contributed by atoms with Crippen LogP contribution in [0.4, 0.5) is 5.69 Å². The molecule has 0 bridgehead atoms. The van der Waals surface area contributed by atoms with Gasteiger partial charge in [0.2, 0.25) is 5.91 Å². The van der Waals surface area contributed by atoms with E-state index in [0.717, 1.165) is 16.8 Å². The second-order valence-electron chi connectivity index (χ2n) is 7.28. The summed E-state index contributed by atoms with van der Waals surface area (Å²) in [5.74, 6) is -0.483. The quantitative estimate of drug-likeness (QED) is 0.411. The van der Waals surface area contributed by atoms with E-state index in [-0.39, 0.29) is 24.5 Å². The van der Waals surface area contributed by atoms with Crippen molar-refractivity contribution < 1.29 is 14.3 Å². The minimum absolute atomic E-state index is 0.0564. The van der Waals surface area contributed by atoms with Crippen LogP contribution in [0.1, 0.15) is 31.0 Å². The summed E-state index contributed by atoms with van der Waals surface area (Å²) in [6.45, 7) is 4.41. The van der Waals surface area contributed by atoms with Crippen LogP contribution in [0.5, 0.6) is 0 Å². The monoisotopic (exact) mass is 433 g/mol. The summed E-state index contributed by atoms with van der Waals surface area (Å²) in [6.07, 6.45) is 6.20. The van der Waals surface area contributed by atoms with E-state index in [4.69, 9.17) is 4.74 Å². The Morgan fingerprint density at radius 2 is 1.88 bits per heavy atom. The molecule has 0 spiro atoms. The molecular weight excluding hydrogens is 406 g/mol. The van der Waals surface area contributed by atoms with E-state index < -0.39 is 0 Å². The topological polar surface area (TPSA) is 89.4 Å². The first-order valence-corrected chi connectivity index (χ1v) is 10.4. The van der Waals surface area contributed by atoms with Gasteiger partial charge in [0.25, 0.3) is 0 Å². The molecule has 3 rings (SSSR count). The van der Waals surface area contributed by atoms with Crippen molar-refractivity contribution in [2.24, 2.45) is 0 Å². The number of nitrogens with one attached hydrogen (secondary N) is 1. The van der Waals surface area contributed by atoms with Crippen LogP contribution in [0.15, 0.2) is 67.3 Å². The lowest BCUT2D eigenvalue weighted by Gasteiger charge is -2.24. The molecule has 0 radical (unpaired) electrons. The van der Waals surface area contributed by atoms with Gasteiger partial charge in [-0.25, -0.2) is 14.5 Å². The highest BCUT2D eigenvalue weighted by Gasteiger charge is 2.15. The smallest absolute Gasteiger partial charge is 0.330 e. The molecule has 2 aromatic carbocycles. The van der Waals surface area contributed by atoms with Crippen LogP contribution in [-0.4, -0.2) is 51.7 Å². The molecule has 3 aromatic rings. The number of hydrogen-bond acceptors (Lipinski definition) is 6. The molecule has 1 amide bonds. The molecule has 8 heteroatoms. The van der Waals surface area contributed by atoms with Crippen LogP contribution in [-0.2, 0) is 14.3 Å². The fraction of sp³-hybridized carbons (Fsp3) is 0.250. The Morgan fingerprint density at radius 3 is 2.50 bits per heavy atom. The van der Waals surface area contributed by atoms with Crippen molar-refractivity contribution in [1.82, 2.24) is 19.7 Å². The number of benzene rings is 2. The number of rotatable bonds is 9. The van der Waals surface area contributed by atoms with Crippen molar-refractivity contribution in [3.63, 3.8) is 0 Å². The zero-order valence-electron chi connectivity index (χ0n) is 18.4. The largest absolute Gasteiger partial charge is 0.463 e. The molecule has 1 unspecified atom stereocenters. The number of hydrogen-bond donors (Lipinski definition) is 1. The van der Waals surface area contributed by atoms with Crippen LogP contribution in [0.25, 0.3) is 11.8 Å². The summed E-state index contributed by atoms with van der Waals surface area (Å²) < 4.78 is 6.55. The summed E-state index contributed by atoms with van der Waals surface area (Å²) in [6, 6.07) is 15.3. The number of aromatic nitrogens is 3. The predicted octanol–water partition coefficient (Wildman–Crippen LogP) is 3.48. The van der Waals surface area contributed by atoms with Crippen molar-refractivity contribution in [3.8, 4) is 5.69 Å². The highest BCUT2D eigenvalue weighted by atomic mass is 16.5. The molecule has 0 aliphatic rings. The lowest BCUT2D eigenvalue weighted by atomic mass is 10.1. The standard InChI is InChI=1S/C24H27N5O3/c1-4-32-24(31)14-7-19-5-10-21(11-6-19)27-23(30)15-28(3)18(2)20-8-12-22(13-9-20)29-17-25-16-26-29/h5-14,16-18H,4,15H2,1-3H3,(H,27,30)/b14-7+. The number of carbonyl (C=O) groups excluding carboxylic acids is 2. The van der Waals surface area contributed by atoms with Gasteiger partial charge in [-0.05, 0) is 62.4 Å². The number of esters is 1. The van der Waals surface area contributed by atoms with E-state index >= 15 is 0 Å². The molecule has 166 valence electrons. The van der Waals surface area contributed by atoms with Gasteiger partial charge in [0.15, 0.2) is 0 Å². The Morgan fingerprint density at radius 1 is 1.16 bits per heavy atom. The lowest BCUT2D eigenvalue weighted by Crippen LogP contribution is -2.32. The molecule has 1 atom stereocenters. The van der Waals surface area contributed by atoms with E-state index in [0.29, 0.717) is 12.3 Å². The van der Waals surface area contributed by atoms with Gasteiger partial charge < -0.3 is 10.1 Å². The van der Waals surface area contributed by atoms with Crippen LogP contribution >= 0.6 is 0 Å². The molecule has 8 nitrogen and oxygen atoms in total. The maximum Gasteiger partial charge on any atom is 0.330 e. The zero-order chi connectivity index (χ0) is 22.9. The van der Waals surface area contributed by atoms with E-state index in [9.17, 15) is 9.59 Å². The van der Waals surface area contributed by atoms with Crippen molar-refractivity contribution in [2.75, 3.05) is 25.5 Å². The predicted molar refractivity (Wildman–Crippen MR) is 123 cm³/mol. The minimum atomic E-state index is -0.380. The van der Waals surface area contributed by atoms with Crippen LogP contribution in [0.2, 0.25) is 0 Å². The highest BCUT2D eigenvalue weighted by Crippen LogP contribution is 2.20. The van der Waals surface area contributed by atoms with Gasteiger partial charge in [-0.1, -0.05) is 24.3 Å². The average molecular weight is 434 g/mol. The summed E-state index contributed by atoms with van der Waals surface area (Å²) in [5.41, 5.74) is 3.57. The van der Waals surface area contributed by atoms with E-state index in [1.54, 1.807) is 36.1 Å². The Bertz CT molecular complexity index is 1040. The van der Waals surface area contributed by atoms with E-state index in [1.807, 2.05) is 48.3 Å². The van der Waals surface area contributed by atoms with Crippen LogP contribution in [0, 0.1) is 0 Å². The van der Waals surface area contributed by atoms with Gasteiger partial charge in [-0.3, -0.25) is 9.69 Å². The van der Waals surface area contributed by atoms with Gasteiger partial charge in [-0.2, -0.15) is 5.10 Å². The maximum atomic E-state index is 12.5. The van der Waals surface area contributed by atoms with Crippen molar-refractivity contribution in [2.45, 2.75) is 19.9 Å². The molecule has 0 saturated carbocycles. The van der Waals surface area contributed by atoms with Crippen molar-refractivity contribution in [1.29, 1.82) is 0 Å². The molecule has 1 heterocycles. The third-order valence-electron chi connectivity index (χ3n) is 5.01. The first kappa shape index (κ1) is 22.9. The summed E-state index contributed by atoms with van der Waals surface area (Å²) >= 11 is 0. The van der Waals surface area contributed by atoms with Gasteiger partial charge in [0, 0.05) is 17.8 Å². The maximum absolute atomic E-state index is 12.5. The third-order valence-corrected chi connectivity index (χ3v) is 5.01. The van der Waals surface area contributed by atoms with E-state index in [2.05, 4.69) is 22.3 Å². The fourth-order valence-corrected chi connectivity index (χ4v) is 3.10. The Balaban J connectivity index is 1.52. The minimum Gasteiger partial charge on any atom is -0.463 e. The summed E-state index contributed by atoms with van der Waals surface area (Å²) in [5, 5.41) is 7.03. The zero-order valence-corrected chi connectivity index (χ0v) is 18.4. The second-order valence-corrected chi connectivity index (χ2v) is 7.28. The number of ether oxygens (including phenoxy) is 1.